The molecule has 0 spiro atoms. The Labute approximate surface area is 125 Å². The van der Waals surface area contributed by atoms with Crippen LogP contribution in [0.4, 0.5) is 0 Å². The molecule has 0 bridgehead atoms. The van der Waals surface area contributed by atoms with Crippen LogP contribution in [-0.4, -0.2) is 31.6 Å². The molecule has 0 fully saturated rings. The zero-order valence-electron chi connectivity index (χ0n) is 14.4. The van der Waals surface area contributed by atoms with E-state index in [9.17, 15) is 0 Å². The molecule has 0 aromatic heterocycles. The SMILES string of the molecule is CCC(CC)N(C)CC(NC)c1c(C)cc(C)cc1C. The van der Waals surface area contributed by atoms with Crippen molar-refractivity contribution < 1.29 is 0 Å². The maximum absolute atomic E-state index is 3.51. The Hall–Kier alpha value is -0.860. The van der Waals surface area contributed by atoms with E-state index < -0.39 is 0 Å². The minimum Gasteiger partial charge on any atom is -0.312 e. The van der Waals surface area contributed by atoms with Crippen LogP contribution >= 0.6 is 0 Å². The van der Waals surface area contributed by atoms with Crippen LogP contribution in [0.2, 0.25) is 0 Å². The molecule has 0 heterocycles. The van der Waals surface area contributed by atoms with Crippen LogP contribution in [0.5, 0.6) is 0 Å². The third-order valence-electron chi connectivity index (χ3n) is 4.47. The molecule has 1 aromatic rings. The van der Waals surface area contributed by atoms with Crippen molar-refractivity contribution in [3.05, 3.63) is 34.4 Å². The van der Waals surface area contributed by atoms with Gasteiger partial charge in [0.2, 0.25) is 0 Å². The molecule has 0 aliphatic rings. The normalized spacial score (nSPS) is 13.2. The largest absolute Gasteiger partial charge is 0.312 e. The van der Waals surface area contributed by atoms with Gasteiger partial charge >= 0.3 is 0 Å². The number of aryl methyl sites for hydroxylation is 3. The standard InChI is InChI=1S/C18H32N2/c1-8-16(9-2)20(7)12-17(19-6)18-14(4)10-13(3)11-15(18)5/h10-11,16-17,19H,8-9,12H2,1-7H3. The molecule has 1 aromatic carbocycles. The summed E-state index contributed by atoms with van der Waals surface area (Å²) in [6, 6.07) is 5.67. The van der Waals surface area contributed by atoms with Crippen LogP contribution in [0.25, 0.3) is 0 Å². The summed E-state index contributed by atoms with van der Waals surface area (Å²) in [6.45, 7) is 12.3. The van der Waals surface area contributed by atoms with Gasteiger partial charge in [0.1, 0.15) is 0 Å². The molecular weight excluding hydrogens is 244 g/mol. The Morgan fingerprint density at radius 3 is 1.95 bits per heavy atom. The van der Waals surface area contributed by atoms with Gasteiger partial charge in [-0.25, -0.2) is 0 Å². The van der Waals surface area contributed by atoms with Gasteiger partial charge in [-0.15, -0.1) is 0 Å². The average molecular weight is 276 g/mol. The smallest absolute Gasteiger partial charge is 0.0452 e. The van der Waals surface area contributed by atoms with Gasteiger partial charge in [-0.2, -0.15) is 0 Å². The van der Waals surface area contributed by atoms with Crippen LogP contribution in [0.1, 0.15) is 55.0 Å². The van der Waals surface area contributed by atoms with Crippen LogP contribution in [0.15, 0.2) is 12.1 Å². The van der Waals surface area contributed by atoms with Crippen LogP contribution < -0.4 is 5.32 Å². The minimum absolute atomic E-state index is 0.404. The second-order valence-corrected chi connectivity index (χ2v) is 6.06. The molecule has 2 heteroatoms. The van der Waals surface area contributed by atoms with Gasteiger partial charge in [0, 0.05) is 18.6 Å². The number of nitrogens with one attached hydrogen (secondary N) is 1. The summed E-state index contributed by atoms with van der Waals surface area (Å²) >= 11 is 0. The van der Waals surface area contributed by atoms with Crippen molar-refractivity contribution in [1.29, 1.82) is 0 Å². The predicted molar refractivity (Wildman–Crippen MR) is 89.5 cm³/mol. The monoisotopic (exact) mass is 276 g/mol. The van der Waals surface area contributed by atoms with E-state index in [4.69, 9.17) is 0 Å². The summed E-state index contributed by atoms with van der Waals surface area (Å²) in [7, 11) is 4.32. The van der Waals surface area contributed by atoms with Gasteiger partial charge in [0.25, 0.3) is 0 Å². The summed E-state index contributed by atoms with van der Waals surface area (Å²) in [6.07, 6.45) is 2.44. The first-order chi connectivity index (χ1) is 9.44. The molecule has 114 valence electrons. The van der Waals surface area contributed by atoms with E-state index in [0.717, 1.165) is 6.54 Å². The second kappa shape index (κ2) is 7.80. The Bertz CT molecular complexity index is 398. The Morgan fingerprint density at radius 1 is 1.05 bits per heavy atom. The fourth-order valence-corrected chi connectivity index (χ4v) is 3.42. The Morgan fingerprint density at radius 2 is 1.55 bits per heavy atom. The highest BCUT2D eigenvalue weighted by Crippen LogP contribution is 2.25. The van der Waals surface area contributed by atoms with Gasteiger partial charge < -0.3 is 10.2 Å². The molecule has 1 rings (SSSR count). The third kappa shape index (κ3) is 4.07. The summed E-state index contributed by atoms with van der Waals surface area (Å²) in [5.74, 6) is 0. The topological polar surface area (TPSA) is 15.3 Å². The molecule has 1 unspecified atom stereocenters. The molecule has 1 atom stereocenters. The van der Waals surface area contributed by atoms with E-state index in [1.807, 2.05) is 0 Å². The molecular formula is C18H32N2. The van der Waals surface area contributed by atoms with E-state index in [1.165, 1.54) is 35.1 Å². The molecule has 0 aliphatic heterocycles. The van der Waals surface area contributed by atoms with Crippen molar-refractivity contribution in [2.24, 2.45) is 0 Å². The summed E-state index contributed by atoms with van der Waals surface area (Å²) < 4.78 is 0. The number of hydrogen-bond donors (Lipinski definition) is 1. The van der Waals surface area contributed by atoms with Crippen molar-refractivity contribution in [3.63, 3.8) is 0 Å². The van der Waals surface area contributed by atoms with E-state index in [-0.39, 0.29) is 0 Å². The predicted octanol–water partition coefficient (Wildman–Crippen LogP) is 3.99. The number of likely N-dealkylation sites (N-methyl/N-ethyl adjacent to an activating group) is 2. The second-order valence-electron chi connectivity index (χ2n) is 6.06. The maximum Gasteiger partial charge on any atom is 0.0452 e. The molecule has 0 saturated carbocycles. The summed E-state index contributed by atoms with van der Waals surface area (Å²) in [5.41, 5.74) is 5.63. The van der Waals surface area contributed by atoms with Crippen molar-refractivity contribution in [2.45, 2.75) is 59.5 Å². The highest BCUT2D eigenvalue weighted by atomic mass is 15.1. The lowest BCUT2D eigenvalue weighted by Gasteiger charge is -2.31. The molecule has 2 nitrogen and oxygen atoms in total. The molecule has 0 saturated heterocycles. The lowest BCUT2D eigenvalue weighted by Crippen LogP contribution is -2.38. The Kier molecular flexibility index (Phi) is 6.70. The van der Waals surface area contributed by atoms with Gasteiger partial charge in [-0.3, -0.25) is 0 Å². The lowest BCUT2D eigenvalue weighted by atomic mass is 9.93. The highest BCUT2D eigenvalue weighted by Gasteiger charge is 2.19. The first-order valence-corrected chi connectivity index (χ1v) is 7.89. The van der Waals surface area contributed by atoms with Crippen molar-refractivity contribution >= 4 is 0 Å². The van der Waals surface area contributed by atoms with Crippen LogP contribution in [0, 0.1) is 20.8 Å². The minimum atomic E-state index is 0.404. The van der Waals surface area contributed by atoms with Crippen molar-refractivity contribution in [2.75, 3.05) is 20.6 Å². The maximum atomic E-state index is 3.51. The van der Waals surface area contributed by atoms with Crippen LogP contribution in [0.3, 0.4) is 0 Å². The Balaban J connectivity index is 2.97. The number of nitrogens with zero attached hydrogens (tertiary/aromatic N) is 1. The van der Waals surface area contributed by atoms with E-state index in [1.54, 1.807) is 0 Å². The highest BCUT2D eigenvalue weighted by molar-refractivity contribution is 5.39. The summed E-state index contributed by atoms with van der Waals surface area (Å²) in [4.78, 5) is 2.50. The fourth-order valence-electron chi connectivity index (χ4n) is 3.42. The van der Waals surface area contributed by atoms with E-state index >= 15 is 0 Å². The molecule has 0 radical (unpaired) electrons. The average Bonchev–Trinajstić information content (AvgIpc) is 2.37. The quantitative estimate of drug-likeness (QED) is 0.810. The van der Waals surface area contributed by atoms with Crippen molar-refractivity contribution in [1.82, 2.24) is 10.2 Å². The zero-order chi connectivity index (χ0) is 15.3. The van der Waals surface area contributed by atoms with E-state index in [0.29, 0.717) is 12.1 Å². The number of hydrogen-bond acceptors (Lipinski definition) is 2. The first-order valence-electron chi connectivity index (χ1n) is 7.89. The fraction of sp³-hybridized carbons (Fsp3) is 0.667. The molecule has 0 amide bonds. The molecule has 1 N–H and O–H groups in total. The summed E-state index contributed by atoms with van der Waals surface area (Å²) in [5, 5.41) is 3.51. The third-order valence-corrected chi connectivity index (χ3v) is 4.47. The van der Waals surface area contributed by atoms with Crippen molar-refractivity contribution in [3.8, 4) is 0 Å². The van der Waals surface area contributed by atoms with Gasteiger partial charge in [-0.1, -0.05) is 31.5 Å². The molecule has 0 aliphatic carbocycles. The first kappa shape index (κ1) is 17.2. The lowest BCUT2D eigenvalue weighted by molar-refractivity contribution is 0.208. The van der Waals surface area contributed by atoms with Gasteiger partial charge in [0.05, 0.1) is 0 Å². The zero-order valence-corrected chi connectivity index (χ0v) is 14.4. The van der Waals surface area contributed by atoms with Gasteiger partial charge in [-0.05, 0) is 64.4 Å². The molecule has 20 heavy (non-hydrogen) atoms. The number of benzene rings is 1. The van der Waals surface area contributed by atoms with E-state index in [2.05, 4.69) is 71.1 Å². The van der Waals surface area contributed by atoms with Gasteiger partial charge in [0.15, 0.2) is 0 Å². The van der Waals surface area contributed by atoms with Crippen LogP contribution in [-0.2, 0) is 0 Å². The number of rotatable bonds is 7.